The molecule has 0 radical (unpaired) electrons. The van der Waals surface area contributed by atoms with Crippen molar-refractivity contribution in [3.05, 3.63) is 89.2 Å². The molecule has 4 heteroatoms. The summed E-state index contributed by atoms with van der Waals surface area (Å²) in [5, 5.41) is 0. The highest BCUT2D eigenvalue weighted by molar-refractivity contribution is 9.10. The molecule has 1 aromatic heterocycles. The fourth-order valence-corrected chi connectivity index (χ4v) is 3.27. The Kier molecular flexibility index (Phi) is 4.53. The van der Waals surface area contributed by atoms with Gasteiger partial charge in [-0.15, -0.1) is 0 Å². The van der Waals surface area contributed by atoms with E-state index in [2.05, 4.69) is 40.2 Å². The Morgan fingerprint density at radius 3 is 2.32 bits per heavy atom. The first-order valence-electron chi connectivity index (χ1n) is 8.21. The molecule has 0 N–H and O–H groups in total. The summed E-state index contributed by atoms with van der Waals surface area (Å²) >= 11 is 3.61. The molecular weight excluding hydrogens is 374 g/mol. The highest BCUT2D eigenvalue weighted by atomic mass is 79.9. The van der Waals surface area contributed by atoms with Gasteiger partial charge in [0.25, 0.3) is 0 Å². The summed E-state index contributed by atoms with van der Waals surface area (Å²) < 4.78 is 0.977. The van der Waals surface area contributed by atoms with Crippen molar-refractivity contribution < 1.29 is 0 Å². The molecule has 1 aliphatic carbocycles. The first-order chi connectivity index (χ1) is 12.3. The van der Waals surface area contributed by atoms with Gasteiger partial charge in [0.1, 0.15) is 5.82 Å². The normalized spacial score (nSPS) is 16.1. The maximum atomic E-state index is 4.78. The zero-order valence-electron chi connectivity index (χ0n) is 13.5. The van der Waals surface area contributed by atoms with E-state index in [0.29, 0.717) is 11.6 Å². The lowest BCUT2D eigenvalue weighted by atomic mass is 10.00. The van der Waals surface area contributed by atoms with Crippen LogP contribution in [0.4, 0.5) is 0 Å². The summed E-state index contributed by atoms with van der Waals surface area (Å²) in [5.41, 5.74) is 1.97. The van der Waals surface area contributed by atoms with E-state index >= 15 is 0 Å². The monoisotopic (exact) mass is 389 g/mol. The first-order valence-corrected chi connectivity index (χ1v) is 9.00. The second-order valence-electron chi connectivity index (χ2n) is 5.84. The van der Waals surface area contributed by atoms with E-state index in [4.69, 9.17) is 15.0 Å². The number of benzene rings is 2. The van der Waals surface area contributed by atoms with Gasteiger partial charge >= 0.3 is 0 Å². The van der Waals surface area contributed by atoms with Gasteiger partial charge in [-0.3, -0.25) is 0 Å². The molecule has 1 heterocycles. The zero-order chi connectivity index (χ0) is 17.1. The van der Waals surface area contributed by atoms with Crippen LogP contribution in [-0.4, -0.2) is 15.0 Å². The molecule has 25 heavy (non-hydrogen) atoms. The molecule has 3 aromatic rings. The Morgan fingerprint density at radius 1 is 0.800 bits per heavy atom. The summed E-state index contributed by atoms with van der Waals surface area (Å²) in [7, 11) is 0. The van der Waals surface area contributed by atoms with Crippen molar-refractivity contribution in [1.82, 2.24) is 15.0 Å². The Morgan fingerprint density at radius 2 is 1.56 bits per heavy atom. The van der Waals surface area contributed by atoms with Crippen LogP contribution in [0.5, 0.6) is 0 Å². The molecule has 4 rings (SSSR count). The lowest BCUT2D eigenvalue weighted by Crippen LogP contribution is -2.08. The van der Waals surface area contributed by atoms with E-state index in [1.807, 2.05) is 54.6 Å². The predicted molar refractivity (Wildman–Crippen MR) is 104 cm³/mol. The molecule has 1 aliphatic rings. The summed E-state index contributed by atoms with van der Waals surface area (Å²) in [6, 6.07) is 18.1. The van der Waals surface area contributed by atoms with E-state index in [-0.39, 0.29) is 5.92 Å². The zero-order valence-corrected chi connectivity index (χ0v) is 15.1. The van der Waals surface area contributed by atoms with Crippen LogP contribution in [0.2, 0.25) is 0 Å². The average molecular weight is 390 g/mol. The van der Waals surface area contributed by atoms with Crippen LogP contribution in [0.1, 0.15) is 18.2 Å². The molecule has 0 amide bonds. The summed E-state index contributed by atoms with van der Waals surface area (Å²) in [6.45, 7) is 0. The first kappa shape index (κ1) is 15.9. The van der Waals surface area contributed by atoms with Crippen LogP contribution in [0.15, 0.2) is 83.4 Å². The van der Waals surface area contributed by atoms with Crippen molar-refractivity contribution >= 4 is 15.9 Å². The quantitative estimate of drug-likeness (QED) is 0.587. The van der Waals surface area contributed by atoms with Crippen LogP contribution in [0.25, 0.3) is 22.8 Å². The Labute approximate surface area is 155 Å². The van der Waals surface area contributed by atoms with Gasteiger partial charge in [-0.05, 0) is 12.5 Å². The van der Waals surface area contributed by atoms with Gasteiger partial charge in [-0.2, -0.15) is 0 Å². The number of hydrogen-bond acceptors (Lipinski definition) is 3. The van der Waals surface area contributed by atoms with Crippen molar-refractivity contribution in [3.8, 4) is 22.8 Å². The summed E-state index contributed by atoms with van der Waals surface area (Å²) in [4.78, 5) is 14.3. The van der Waals surface area contributed by atoms with E-state index in [9.17, 15) is 0 Å². The number of rotatable bonds is 3. The van der Waals surface area contributed by atoms with Gasteiger partial charge in [0.2, 0.25) is 0 Å². The van der Waals surface area contributed by atoms with Gasteiger partial charge < -0.3 is 0 Å². The van der Waals surface area contributed by atoms with Gasteiger partial charge in [0.05, 0.1) is 0 Å². The molecule has 1 unspecified atom stereocenters. The minimum Gasteiger partial charge on any atom is -0.212 e. The fourth-order valence-electron chi connectivity index (χ4n) is 2.81. The Bertz CT molecular complexity index is 948. The molecule has 2 aromatic carbocycles. The number of aromatic nitrogens is 3. The Hall–Kier alpha value is -2.59. The highest BCUT2D eigenvalue weighted by Crippen LogP contribution is 2.29. The molecule has 122 valence electrons. The standard InChI is InChI=1S/C21H16BrN3/c22-18-14-8-7-13-17(18)21-24-19(15-9-3-1-4-10-15)23-20(25-21)16-11-5-2-6-12-16/h1-11,13-14,16H,12H2. The van der Waals surface area contributed by atoms with Crippen molar-refractivity contribution in [2.24, 2.45) is 0 Å². The van der Waals surface area contributed by atoms with Crippen LogP contribution in [-0.2, 0) is 0 Å². The molecule has 0 fully saturated rings. The smallest absolute Gasteiger partial charge is 0.164 e. The highest BCUT2D eigenvalue weighted by Gasteiger charge is 2.17. The molecule has 1 atom stereocenters. The second kappa shape index (κ2) is 7.11. The third-order valence-electron chi connectivity index (χ3n) is 4.11. The second-order valence-corrected chi connectivity index (χ2v) is 6.70. The number of nitrogens with zero attached hydrogens (tertiary/aromatic N) is 3. The third kappa shape index (κ3) is 3.44. The SMILES string of the molecule is Brc1ccccc1-c1nc(-c2ccccc2)nc(C2C=CC=CC2)n1. The maximum absolute atomic E-state index is 4.78. The van der Waals surface area contributed by atoms with Crippen LogP contribution in [0, 0.1) is 0 Å². The molecule has 3 nitrogen and oxygen atoms in total. The lowest BCUT2D eigenvalue weighted by Gasteiger charge is -2.14. The molecular formula is C21H16BrN3. The fraction of sp³-hybridized carbons (Fsp3) is 0.0952. The van der Waals surface area contributed by atoms with Gasteiger partial charge in [-0.1, -0.05) is 88.8 Å². The van der Waals surface area contributed by atoms with Crippen LogP contribution < -0.4 is 0 Å². The largest absolute Gasteiger partial charge is 0.212 e. The Balaban J connectivity index is 1.87. The van der Waals surface area contributed by atoms with Crippen LogP contribution in [0.3, 0.4) is 0 Å². The van der Waals surface area contributed by atoms with Crippen molar-refractivity contribution in [2.45, 2.75) is 12.3 Å². The van der Waals surface area contributed by atoms with Gasteiger partial charge in [-0.25, -0.2) is 15.0 Å². The topological polar surface area (TPSA) is 38.7 Å². The maximum Gasteiger partial charge on any atom is 0.164 e. The minimum atomic E-state index is 0.178. The average Bonchev–Trinajstić information content (AvgIpc) is 2.69. The van der Waals surface area contributed by atoms with Crippen LogP contribution >= 0.6 is 15.9 Å². The van der Waals surface area contributed by atoms with Crippen molar-refractivity contribution in [1.29, 1.82) is 0 Å². The number of allylic oxidation sites excluding steroid dienone is 4. The molecule has 0 bridgehead atoms. The van der Waals surface area contributed by atoms with Gasteiger partial charge in [0.15, 0.2) is 11.6 Å². The third-order valence-corrected chi connectivity index (χ3v) is 4.80. The predicted octanol–water partition coefficient (Wildman–Crippen LogP) is 5.57. The molecule has 0 saturated heterocycles. The van der Waals surface area contributed by atoms with Gasteiger partial charge in [0, 0.05) is 21.5 Å². The van der Waals surface area contributed by atoms with E-state index in [0.717, 1.165) is 27.8 Å². The molecule has 0 saturated carbocycles. The van der Waals surface area contributed by atoms with E-state index in [1.165, 1.54) is 0 Å². The lowest BCUT2D eigenvalue weighted by molar-refractivity contribution is 0.764. The van der Waals surface area contributed by atoms with Crippen molar-refractivity contribution in [2.75, 3.05) is 0 Å². The molecule has 0 aliphatic heterocycles. The van der Waals surface area contributed by atoms with Crippen molar-refractivity contribution in [3.63, 3.8) is 0 Å². The number of halogens is 1. The summed E-state index contributed by atoms with van der Waals surface area (Å²) in [5.74, 6) is 2.38. The summed E-state index contributed by atoms with van der Waals surface area (Å²) in [6.07, 6.45) is 9.32. The number of hydrogen-bond donors (Lipinski definition) is 0. The minimum absolute atomic E-state index is 0.178. The van der Waals surface area contributed by atoms with E-state index in [1.54, 1.807) is 0 Å². The van der Waals surface area contributed by atoms with E-state index < -0.39 is 0 Å². The molecule has 0 spiro atoms.